The van der Waals surface area contributed by atoms with Crippen molar-refractivity contribution in [1.29, 1.82) is 0 Å². The van der Waals surface area contributed by atoms with Crippen LogP contribution in [0.4, 0.5) is 4.79 Å². The van der Waals surface area contributed by atoms with Crippen molar-refractivity contribution in [2.75, 3.05) is 7.11 Å². The fourth-order valence-electron chi connectivity index (χ4n) is 3.84. The number of hydrogen-bond donors (Lipinski definition) is 2. The van der Waals surface area contributed by atoms with E-state index in [0.29, 0.717) is 17.7 Å². The van der Waals surface area contributed by atoms with E-state index in [4.69, 9.17) is 4.74 Å². The Labute approximate surface area is 181 Å². The van der Waals surface area contributed by atoms with E-state index in [1.807, 2.05) is 42.5 Å². The molecule has 0 aromatic heterocycles. The van der Waals surface area contributed by atoms with Crippen LogP contribution in [-0.2, 0) is 16.0 Å². The molecule has 3 atom stereocenters. The summed E-state index contributed by atoms with van der Waals surface area (Å²) in [6.45, 7) is 7.30. The molecule has 7 nitrogen and oxygen atoms in total. The van der Waals surface area contributed by atoms with Crippen LogP contribution in [-0.4, -0.2) is 41.1 Å². The molecule has 0 saturated carbocycles. The van der Waals surface area contributed by atoms with Gasteiger partial charge in [0.25, 0.3) is 0 Å². The molecule has 2 aromatic rings. The number of nitrogens with zero attached hydrogens (tertiary/aromatic N) is 1. The van der Waals surface area contributed by atoms with Gasteiger partial charge in [0, 0.05) is 0 Å². The van der Waals surface area contributed by atoms with E-state index in [-0.39, 0.29) is 6.04 Å². The minimum Gasteiger partial charge on any atom is -0.497 e. The van der Waals surface area contributed by atoms with Crippen LogP contribution < -0.4 is 10.1 Å². The van der Waals surface area contributed by atoms with E-state index >= 15 is 0 Å². The van der Waals surface area contributed by atoms with Gasteiger partial charge in [0.05, 0.1) is 18.6 Å². The van der Waals surface area contributed by atoms with Crippen LogP contribution in [0.25, 0.3) is 0 Å². The molecule has 1 aliphatic rings. The molecule has 2 aromatic carbocycles. The van der Waals surface area contributed by atoms with Crippen molar-refractivity contribution in [3.63, 3.8) is 0 Å². The summed E-state index contributed by atoms with van der Waals surface area (Å²) in [4.78, 5) is 38.6. The molecule has 1 aliphatic heterocycles. The van der Waals surface area contributed by atoms with Crippen LogP contribution in [0, 0.1) is 5.41 Å². The maximum absolute atomic E-state index is 13.0. The highest BCUT2D eigenvalue weighted by Crippen LogP contribution is 2.46. The minimum absolute atomic E-state index is 0.311. The highest BCUT2D eigenvalue weighted by molar-refractivity contribution is 6.11. The van der Waals surface area contributed by atoms with E-state index in [1.54, 1.807) is 26.2 Å². The highest BCUT2D eigenvalue weighted by Gasteiger charge is 2.64. The number of hydrogen-bond acceptors (Lipinski definition) is 4. The van der Waals surface area contributed by atoms with E-state index < -0.39 is 29.4 Å². The lowest BCUT2D eigenvalue weighted by Crippen LogP contribution is -2.74. The lowest BCUT2D eigenvalue weighted by atomic mass is 9.66. The number of nitrogens with one attached hydrogen (secondary N) is 1. The highest BCUT2D eigenvalue weighted by atomic mass is 16.5. The Hall–Kier alpha value is -3.61. The normalized spacial score (nSPS) is 21.1. The van der Waals surface area contributed by atoms with Gasteiger partial charge in [0.1, 0.15) is 5.75 Å². The second kappa shape index (κ2) is 8.63. The minimum atomic E-state index is -1.38. The molecule has 162 valence electrons. The van der Waals surface area contributed by atoms with Gasteiger partial charge in [-0.15, -0.1) is 0 Å². The lowest BCUT2D eigenvalue weighted by molar-refractivity contribution is -0.172. The number of ether oxygens (including phenoxy) is 1. The number of carboxylic acids is 1. The van der Waals surface area contributed by atoms with Crippen LogP contribution in [0.2, 0.25) is 0 Å². The van der Waals surface area contributed by atoms with Gasteiger partial charge in [-0.2, -0.15) is 0 Å². The molecule has 0 aliphatic carbocycles. The molecule has 0 radical (unpaired) electrons. The van der Waals surface area contributed by atoms with Gasteiger partial charge in [-0.3, -0.25) is 4.79 Å². The SMILES string of the molecule is C=C(Cc1ccc(OC)cc1)C1(C)C(=O)N(C(=O)NC(C)c2ccccc2)C1C(=O)O. The summed E-state index contributed by atoms with van der Waals surface area (Å²) in [5.74, 6) is -1.13. The van der Waals surface area contributed by atoms with E-state index in [9.17, 15) is 19.5 Å². The predicted molar refractivity (Wildman–Crippen MR) is 116 cm³/mol. The zero-order chi connectivity index (χ0) is 22.8. The molecule has 0 bridgehead atoms. The Kier molecular flexibility index (Phi) is 6.15. The second-order valence-corrected chi connectivity index (χ2v) is 7.83. The van der Waals surface area contributed by atoms with E-state index in [2.05, 4.69) is 11.9 Å². The molecule has 31 heavy (non-hydrogen) atoms. The Bertz CT molecular complexity index is 1000. The monoisotopic (exact) mass is 422 g/mol. The van der Waals surface area contributed by atoms with Crippen LogP contribution in [0.15, 0.2) is 66.7 Å². The first-order valence-electron chi connectivity index (χ1n) is 9.93. The lowest BCUT2D eigenvalue weighted by Gasteiger charge is -2.51. The second-order valence-electron chi connectivity index (χ2n) is 7.83. The fourth-order valence-corrected chi connectivity index (χ4v) is 3.84. The molecule has 1 fully saturated rings. The zero-order valence-corrected chi connectivity index (χ0v) is 17.8. The van der Waals surface area contributed by atoms with Crippen molar-refractivity contribution in [3.05, 3.63) is 77.9 Å². The number of likely N-dealkylation sites (tertiary alicyclic amines) is 1. The van der Waals surface area contributed by atoms with E-state index in [0.717, 1.165) is 16.0 Å². The molecule has 3 unspecified atom stereocenters. The summed E-state index contributed by atoms with van der Waals surface area (Å²) in [7, 11) is 1.57. The van der Waals surface area contributed by atoms with Crippen LogP contribution >= 0.6 is 0 Å². The quantitative estimate of drug-likeness (QED) is 0.525. The van der Waals surface area contributed by atoms with Crippen LogP contribution in [0.5, 0.6) is 5.75 Å². The number of aliphatic carboxylic acids is 1. The number of imide groups is 1. The summed E-state index contributed by atoms with van der Waals surface area (Å²) < 4.78 is 5.14. The van der Waals surface area contributed by atoms with Crippen LogP contribution in [0.1, 0.15) is 31.0 Å². The molecule has 3 rings (SSSR count). The Morgan fingerprint density at radius 2 is 1.81 bits per heavy atom. The first-order valence-corrected chi connectivity index (χ1v) is 9.93. The van der Waals surface area contributed by atoms with Gasteiger partial charge < -0.3 is 15.2 Å². The van der Waals surface area contributed by atoms with Crippen molar-refractivity contribution >= 4 is 17.9 Å². The third-order valence-corrected chi connectivity index (χ3v) is 5.87. The van der Waals surface area contributed by atoms with Crippen molar-refractivity contribution in [2.24, 2.45) is 5.41 Å². The summed E-state index contributed by atoms with van der Waals surface area (Å²) in [5.41, 5.74) is 0.779. The number of carboxylic acid groups (broad SMARTS) is 1. The number of benzene rings is 2. The molecular formula is C24H26N2O5. The maximum atomic E-state index is 13.0. The number of methoxy groups -OCH3 is 1. The Balaban J connectivity index is 1.76. The first kappa shape index (κ1) is 22.1. The number of urea groups is 1. The van der Waals surface area contributed by atoms with Gasteiger partial charge >= 0.3 is 12.0 Å². The van der Waals surface area contributed by atoms with Crippen LogP contribution in [0.3, 0.4) is 0 Å². The molecule has 1 heterocycles. The first-order chi connectivity index (χ1) is 14.7. The molecule has 1 saturated heterocycles. The number of carbonyl (C=O) groups is 3. The maximum Gasteiger partial charge on any atom is 0.328 e. The van der Waals surface area contributed by atoms with Crippen molar-refractivity contribution in [2.45, 2.75) is 32.4 Å². The number of β-lactam (4-membered cyclic amide) rings is 1. The molecule has 7 heteroatoms. The average molecular weight is 422 g/mol. The molecule has 2 N–H and O–H groups in total. The summed E-state index contributed by atoms with van der Waals surface area (Å²) in [6, 6.07) is 14.0. The van der Waals surface area contributed by atoms with Crippen molar-refractivity contribution < 1.29 is 24.2 Å². The molecule has 0 spiro atoms. The largest absolute Gasteiger partial charge is 0.497 e. The summed E-state index contributed by atoms with van der Waals surface area (Å²) >= 11 is 0. The third-order valence-electron chi connectivity index (χ3n) is 5.87. The Morgan fingerprint density at radius 1 is 1.19 bits per heavy atom. The van der Waals surface area contributed by atoms with Crippen molar-refractivity contribution in [1.82, 2.24) is 10.2 Å². The molecule has 3 amide bonds. The number of rotatable bonds is 7. The van der Waals surface area contributed by atoms with Gasteiger partial charge in [-0.25, -0.2) is 14.5 Å². The average Bonchev–Trinajstić information content (AvgIpc) is 2.76. The van der Waals surface area contributed by atoms with Gasteiger partial charge in [-0.1, -0.05) is 54.6 Å². The predicted octanol–water partition coefficient (Wildman–Crippen LogP) is 3.57. The number of carbonyl (C=O) groups excluding carboxylic acids is 2. The standard InChI is InChI=1S/C24H26N2O5/c1-15(14-17-10-12-19(31-4)13-11-17)24(3)20(21(27)28)26(22(24)29)23(30)25-16(2)18-8-6-5-7-9-18/h5-13,16,20H,1,14H2,2-4H3,(H,25,30)(H,27,28). The smallest absolute Gasteiger partial charge is 0.328 e. The van der Waals surface area contributed by atoms with E-state index in [1.165, 1.54) is 6.92 Å². The topological polar surface area (TPSA) is 95.9 Å². The summed E-state index contributed by atoms with van der Waals surface area (Å²) in [5, 5.41) is 12.5. The van der Waals surface area contributed by atoms with Gasteiger partial charge in [-0.05, 0) is 43.5 Å². The fraction of sp³-hybridized carbons (Fsp3) is 0.292. The number of amides is 3. The van der Waals surface area contributed by atoms with Gasteiger partial charge in [0.2, 0.25) is 5.91 Å². The third kappa shape index (κ3) is 4.03. The zero-order valence-electron chi connectivity index (χ0n) is 17.8. The Morgan fingerprint density at radius 3 is 2.35 bits per heavy atom. The molecular weight excluding hydrogens is 396 g/mol. The van der Waals surface area contributed by atoms with Crippen molar-refractivity contribution in [3.8, 4) is 5.75 Å². The van der Waals surface area contributed by atoms with Gasteiger partial charge in [0.15, 0.2) is 6.04 Å². The summed E-state index contributed by atoms with van der Waals surface area (Å²) in [6.07, 6.45) is 0.311.